The number of aryl methyl sites for hydroxylation is 4. The fourth-order valence-corrected chi connectivity index (χ4v) is 3.21. The summed E-state index contributed by atoms with van der Waals surface area (Å²) in [5.74, 6) is 0.917. The molecule has 0 bridgehead atoms. The van der Waals surface area contributed by atoms with Crippen LogP contribution in [0, 0.1) is 20.8 Å². The van der Waals surface area contributed by atoms with Crippen molar-refractivity contribution in [2.45, 2.75) is 38.8 Å². The number of aromatic nitrogens is 3. The molecule has 118 valence electrons. The molecule has 0 unspecified atom stereocenters. The molecule has 1 aromatic heterocycles. The van der Waals surface area contributed by atoms with E-state index in [1.54, 1.807) is 18.1 Å². The zero-order valence-electron chi connectivity index (χ0n) is 13.5. The first-order chi connectivity index (χ1) is 10.5. The van der Waals surface area contributed by atoms with Crippen LogP contribution in [0.3, 0.4) is 0 Å². The molecule has 2 aromatic rings. The van der Waals surface area contributed by atoms with Crippen LogP contribution in [0.2, 0.25) is 0 Å². The smallest absolute Gasteiger partial charge is 0.224 e. The van der Waals surface area contributed by atoms with E-state index in [9.17, 15) is 4.79 Å². The zero-order valence-corrected chi connectivity index (χ0v) is 14.3. The van der Waals surface area contributed by atoms with Crippen molar-refractivity contribution in [1.82, 2.24) is 14.8 Å². The molecule has 0 radical (unpaired) electrons. The fraction of sp³-hybridized carbons (Fsp3) is 0.438. The van der Waals surface area contributed by atoms with Crippen molar-refractivity contribution in [2.75, 3.05) is 11.1 Å². The Bertz CT molecular complexity index is 643. The average molecular weight is 318 g/mol. The standard InChI is InChI=1S/C16H22N4OS/c1-11-8-12(2)15(13(3)9-11)18-14(21)6-5-7-22-16-19-17-10-20(16)4/h8-10H,5-7H2,1-4H3,(H,18,21). The van der Waals surface area contributed by atoms with E-state index in [2.05, 4.69) is 34.6 Å². The van der Waals surface area contributed by atoms with Crippen molar-refractivity contribution in [3.05, 3.63) is 35.2 Å². The lowest BCUT2D eigenvalue weighted by Crippen LogP contribution is -2.13. The number of hydrogen-bond donors (Lipinski definition) is 1. The van der Waals surface area contributed by atoms with Crippen molar-refractivity contribution < 1.29 is 4.79 Å². The second kappa shape index (κ2) is 7.45. The summed E-state index contributed by atoms with van der Waals surface area (Å²) in [7, 11) is 1.91. The second-order valence-electron chi connectivity index (χ2n) is 5.50. The van der Waals surface area contributed by atoms with Crippen molar-refractivity contribution in [3.8, 4) is 0 Å². The molecule has 0 atom stereocenters. The molecule has 0 aliphatic heterocycles. The topological polar surface area (TPSA) is 59.8 Å². The quantitative estimate of drug-likeness (QED) is 0.656. The van der Waals surface area contributed by atoms with E-state index < -0.39 is 0 Å². The van der Waals surface area contributed by atoms with Crippen LogP contribution in [-0.2, 0) is 11.8 Å². The van der Waals surface area contributed by atoms with E-state index >= 15 is 0 Å². The molecule has 0 saturated carbocycles. The third kappa shape index (κ3) is 4.34. The molecule has 0 aliphatic carbocycles. The number of carbonyl (C=O) groups is 1. The third-order valence-electron chi connectivity index (χ3n) is 3.39. The Hall–Kier alpha value is -1.82. The van der Waals surface area contributed by atoms with Crippen LogP contribution in [0.25, 0.3) is 0 Å². The van der Waals surface area contributed by atoms with Gasteiger partial charge >= 0.3 is 0 Å². The lowest BCUT2D eigenvalue weighted by molar-refractivity contribution is -0.116. The van der Waals surface area contributed by atoms with E-state index in [1.165, 1.54) is 5.56 Å². The molecule has 0 spiro atoms. The Kier molecular flexibility index (Phi) is 5.60. The van der Waals surface area contributed by atoms with Crippen molar-refractivity contribution >= 4 is 23.4 Å². The number of benzene rings is 1. The third-order valence-corrected chi connectivity index (χ3v) is 4.51. The summed E-state index contributed by atoms with van der Waals surface area (Å²) in [6, 6.07) is 4.18. The molecular formula is C16H22N4OS. The molecule has 0 saturated heterocycles. The van der Waals surface area contributed by atoms with Gasteiger partial charge in [0, 0.05) is 24.9 Å². The molecule has 2 rings (SSSR count). The maximum Gasteiger partial charge on any atom is 0.224 e. The summed E-state index contributed by atoms with van der Waals surface area (Å²) in [5, 5.41) is 11.7. The maximum atomic E-state index is 12.1. The molecule has 6 heteroatoms. The summed E-state index contributed by atoms with van der Waals surface area (Å²) in [4.78, 5) is 12.1. The molecule has 5 nitrogen and oxygen atoms in total. The number of hydrogen-bond acceptors (Lipinski definition) is 4. The van der Waals surface area contributed by atoms with E-state index in [4.69, 9.17) is 0 Å². The van der Waals surface area contributed by atoms with E-state index in [0.717, 1.165) is 34.1 Å². The average Bonchev–Trinajstić information content (AvgIpc) is 2.84. The highest BCUT2D eigenvalue weighted by Gasteiger charge is 2.09. The van der Waals surface area contributed by atoms with Crippen LogP contribution in [0.4, 0.5) is 5.69 Å². The number of carbonyl (C=O) groups excluding carboxylic acids is 1. The van der Waals surface area contributed by atoms with Gasteiger partial charge in [0.25, 0.3) is 0 Å². The van der Waals surface area contributed by atoms with Crippen molar-refractivity contribution in [2.24, 2.45) is 7.05 Å². The number of thioether (sulfide) groups is 1. The zero-order chi connectivity index (χ0) is 16.1. The van der Waals surface area contributed by atoms with Gasteiger partial charge in [0.15, 0.2) is 5.16 Å². The second-order valence-corrected chi connectivity index (χ2v) is 6.56. The van der Waals surface area contributed by atoms with Crippen LogP contribution in [0.15, 0.2) is 23.6 Å². The Morgan fingerprint density at radius 2 is 1.95 bits per heavy atom. The molecular weight excluding hydrogens is 296 g/mol. The summed E-state index contributed by atoms with van der Waals surface area (Å²) in [5.41, 5.74) is 4.38. The number of anilines is 1. The van der Waals surface area contributed by atoms with E-state index in [-0.39, 0.29) is 5.91 Å². The molecule has 22 heavy (non-hydrogen) atoms. The van der Waals surface area contributed by atoms with Gasteiger partial charge in [0.2, 0.25) is 5.91 Å². The summed E-state index contributed by atoms with van der Waals surface area (Å²) < 4.78 is 1.88. The van der Waals surface area contributed by atoms with Crippen molar-refractivity contribution in [3.63, 3.8) is 0 Å². The van der Waals surface area contributed by atoms with Crippen molar-refractivity contribution in [1.29, 1.82) is 0 Å². The molecule has 1 amide bonds. The molecule has 0 fully saturated rings. The number of nitrogens with zero attached hydrogens (tertiary/aromatic N) is 3. The first kappa shape index (κ1) is 16.5. The van der Waals surface area contributed by atoms with Crippen LogP contribution >= 0.6 is 11.8 Å². The van der Waals surface area contributed by atoms with Gasteiger partial charge in [-0.1, -0.05) is 29.5 Å². The first-order valence-electron chi connectivity index (χ1n) is 7.32. The van der Waals surface area contributed by atoms with Crippen LogP contribution in [0.1, 0.15) is 29.5 Å². The van der Waals surface area contributed by atoms with Gasteiger partial charge in [-0.15, -0.1) is 10.2 Å². The van der Waals surface area contributed by atoms with E-state index in [0.29, 0.717) is 6.42 Å². The highest BCUT2D eigenvalue weighted by Crippen LogP contribution is 2.22. The lowest BCUT2D eigenvalue weighted by Gasteiger charge is -2.12. The summed E-state index contributed by atoms with van der Waals surface area (Å²) in [6.45, 7) is 6.12. The minimum Gasteiger partial charge on any atom is -0.326 e. The Labute approximate surface area is 135 Å². The van der Waals surface area contributed by atoms with Gasteiger partial charge < -0.3 is 9.88 Å². The van der Waals surface area contributed by atoms with E-state index in [1.807, 2.05) is 25.5 Å². The SMILES string of the molecule is Cc1cc(C)c(NC(=O)CCCSc2nncn2C)c(C)c1. The normalized spacial score (nSPS) is 10.7. The van der Waals surface area contributed by atoms with Gasteiger partial charge in [-0.3, -0.25) is 4.79 Å². The van der Waals surface area contributed by atoms with Gasteiger partial charge in [-0.2, -0.15) is 0 Å². The minimum atomic E-state index is 0.0635. The Morgan fingerprint density at radius 3 is 2.55 bits per heavy atom. The highest BCUT2D eigenvalue weighted by atomic mass is 32.2. The molecule has 0 aliphatic rings. The number of amides is 1. The maximum absolute atomic E-state index is 12.1. The molecule has 1 heterocycles. The largest absolute Gasteiger partial charge is 0.326 e. The van der Waals surface area contributed by atoms with Gasteiger partial charge in [0.05, 0.1) is 0 Å². The predicted molar refractivity (Wildman–Crippen MR) is 90.2 cm³/mol. The van der Waals surface area contributed by atoms with Gasteiger partial charge in [0.1, 0.15) is 6.33 Å². The summed E-state index contributed by atoms with van der Waals surface area (Å²) >= 11 is 1.62. The number of nitrogens with one attached hydrogen (secondary N) is 1. The minimum absolute atomic E-state index is 0.0635. The van der Waals surface area contributed by atoms with Crippen LogP contribution < -0.4 is 5.32 Å². The highest BCUT2D eigenvalue weighted by molar-refractivity contribution is 7.99. The van der Waals surface area contributed by atoms with Crippen LogP contribution in [0.5, 0.6) is 0 Å². The Morgan fingerprint density at radius 1 is 1.27 bits per heavy atom. The molecule has 1 aromatic carbocycles. The van der Waals surface area contributed by atoms with Gasteiger partial charge in [-0.05, 0) is 38.3 Å². The lowest BCUT2D eigenvalue weighted by atomic mass is 10.0. The van der Waals surface area contributed by atoms with Gasteiger partial charge in [-0.25, -0.2) is 0 Å². The fourth-order valence-electron chi connectivity index (χ4n) is 2.38. The predicted octanol–water partition coefficient (Wildman–Crippen LogP) is 3.25. The monoisotopic (exact) mass is 318 g/mol. The number of rotatable bonds is 6. The van der Waals surface area contributed by atoms with Crippen LogP contribution in [-0.4, -0.2) is 26.4 Å². The first-order valence-corrected chi connectivity index (χ1v) is 8.30. The Balaban J connectivity index is 1.80. The summed E-state index contributed by atoms with van der Waals surface area (Å²) in [6.07, 6.45) is 3.00. The molecule has 1 N–H and O–H groups in total.